The summed E-state index contributed by atoms with van der Waals surface area (Å²) in [6.07, 6.45) is -0.0732. The van der Waals surface area contributed by atoms with E-state index in [-0.39, 0.29) is 18.8 Å². The molecular weight excluding hydrogens is 468 g/mol. The van der Waals surface area contributed by atoms with Crippen LogP contribution in [0.15, 0.2) is 28.7 Å². The third-order valence-corrected chi connectivity index (χ3v) is 6.34. The Hall–Kier alpha value is -1.77. The summed E-state index contributed by atoms with van der Waals surface area (Å²) in [6.45, 7) is 6.68. The molecule has 170 valence electrons. The maximum Gasteiger partial charge on any atom is 0.338 e. The molecule has 0 aliphatic carbocycles. The first-order chi connectivity index (χ1) is 14.6. The maximum atomic E-state index is 13.3. The van der Waals surface area contributed by atoms with Gasteiger partial charge in [0.25, 0.3) is 0 Å². The van der Waals surface area contributed by atoms with Gasteiger partial charge in [-0.1, -0.05) is 47.8 Å². The summed E-state index contributed by atoms with van der Waals surface area (Å²) in [5.74, 6) is -2.29. The number of ether oxygens (including phenoxy) is 4. The average Bonchev–Trinajstić information content (AvgIpc) is 3.18. The average molecular weight is 497 g/mol. The summed E-state index contributed by atoms with van der Waals surface area (Å²) in [7, 11) is 0. The van der Waals surface area contributed by atoms with Crippen molar-refractivity contribution in [2.45, 2.75) is 77.5 Å². The number of rotatable bonds is 9. The summed E-state index contributed by atoms with van der Waals surface area (Å²) < 4.78 is 23.1. The Bertz CT molecular complexity index is 835. The summed E-state index contributed by atoms with van der Waals surface area (Å²) in [6, 6.07) is 7.53. The van der Waals surface area contributed by atoms with E-state index in [1.807, 2.05) is 31.2 Å². The maximum absolute atomic E-state index is 13.3. The van der Waals surface area contributed by atoms with Crippen LogP contribution >= 0.6 is 15.9 Å². The van der Waals surface area contributed by atoms with Gasteiger partial charge < -0.3 is 18.9 Å². The van der Waals surface area contributed by atoms with Gasteiger partial charge in [-0.05, 0) is 51.3 Å². The van der Waals surface area contributed by atoms with Crippen molar-refractivity contribution in [2.24, 2.45) is 5.41 Å². The molecule has 7 nitrogen and oxygen atoms in total. The lowest BCUT2D eigenvalue weighted by Gasteiger charge is -2.30. The molecule has 0 spiro atoms. The van der Waals surface area contributed by atoms with E-state index in [1.54, 1.807) is 13.8 Å². The molecule has 2 fully saturated rings. The van der Waals surface area contributed by atoms with Crippen molar-refractivity contribution in [3.05, 3.63) is 34.3 Å². The first-order valence-corrected chi connectivity index (χ1v) is 11.4. The number of carbonyl (C=O) groups is 3. The minimum Gasteiger partial charge on any atom is -0.461 e. The van der Waals surface area contributed by atoms with E-state index in [1.165, 1.54) is 6.92 Å². The Kier molecular flexibility index (Phi) is 7.23. The monoisotopic (exact) mass is 496 g/mol. The number of hydrogen-bond donors (Lipinski definition) is 0. The van der Waals surface area contributed by atoms with Crippen LogP contribution in [0.3, 0.4) is 0 Å². The second-order valence-corrected chi connectivity index (χ2v) is 9.56. The molecule has 3 rings (SSSR count). The summed E-state index contributed by atoms with van der Waals surface area (Å²) in [5, 5.41) is 0. The number of cyclic esters (lactones) is 1. The molecule has 0 bridgehead atoms. The predicted octanol–water partition coefficient (Wildman–Crippen LogP) is 3.75. The minimum absolute atomic E-state index is 0.188. The first kappa shape index (κ1) is 23.9. The van der Waals surface area contributed by atoms with Crippen molar-refractivity contribution < 1.29 is 33.3 Å². The van der Waals surface area contributed by atoms with Gasteiger partial charge in [0, 0.05) is 4.47 Å². The van der Waals surface area contributed by atoms with Crippen LogP contribution in [0.25, 0.3) is 0 Å². The molecule has 2 heterocycles. The molecule has 0 amide bonds. The molecular formula is C23H29BrO7. The number of ketones is 1. The molecule has 0 N–H and O–H groups in total. The highest BCUT2D eigenvalue weighted by Gasteiger charge is 2.56. The van der Waals surface area contributed by atoms with Gasteiger partial charge in [-0.25, -0.2) is 4.79 Å². The number of carbonyl (C=O) groups excluding carboxylic acids is 3. The van der Waals surface area contributed by atoms with Crippen molar-refractivity contribution in [3.8, 4) is 0 Å². The minimum atomic E-state index is -1.29. The lowest BCUT2D eigenvalue weighted by Crippen LogP contribution is -2.43. The fraction of sp³-hybridized carbons (Fsp3) is 0.609. The number of hydrogen-bond acceptors (Lipinski definition) is 7. The van der Waals surface area contributed by atoms with Crippen molar-refractivity contribution >= 4 is 33.7 Å². The SMILES string of the molecule is CCCC[C@](Cc1ccc(Br)cc1)(C(C)=O)C(=O)OC[C@H]1OC(=O)[C@@H]2OC(C)(C)O[C@H]12. The molecule has 1 aromatic carbocycles. The van der Waals surface area contributed by atoms with Gasteiger partial charge in [-0.15, -0.1) is 0 Å². The smallest absolute Gasteiger partial charge is 0.338 e. The highest BCUT2D eigenvalue weighted by molar-refractivity contribution is 9.10. The standard InChI is InChI=1S/C23H29BrO7/c1-5-6-11-23(14(2)25,12-15-7-9-16(24)10-8-15)21(27)28-13-17-18-19(20(26)29-17)31-22(3,4)30-18/h7-10,17-19H,5-6,11-13H2,1-4H3/t17-,18-,19-,23+/m1/s1. The van der Waals surface area contributed by atoms with Crippen molar-refractivity contribution in [3.63, 3.8) is 0 Å². The predicted molar refractivity (Wildman–Crippen MR) is 115 cm³/mol. The zero-order valence-electron chi connectivity index (χ0n) is 18.3. The van der Waals surface area contributed by atoms with Gasteiger partial charge in [0.2, 0.25) is 0 Å². The van der Waals surface area contributed by atoms with Gasteiger partial charge in [-0.2, -0.15) is 0 Å². The lowest BCUT2D eigenvalue weighted by molar-refractivity contribution is -0.192. The van der Waals surface area contributed by atoms with Crippen molar-refractivity contribution in [1.29, 1.82) is 0 Å². The normalized spacial score (nSPS) is 26.1. The second kappa shape index (κ2) is 9.38. The van der Waals surface area contributed by atoms with Crippen LogP contribution in [0.1, 0.15) is 52.5 Å². The third kappa shape index (κ3) is 5.18. The van der Waals surface area contributed by atoms with Gasteiger partial charge in [0.05, 0.1) is 0 Å². The quantitative estimate of drug-likeness (QED) is 0.379. The van der Waals surface area contributed by atoms with E-state index in [9.17, 15) is 14.4 Å². The Morgan fingerprint density at radius 1 is 1.19 bits per heavy atom. The second-order valence-electron chi connectivity index (χ2n) is 8.64. The number of unbranched alkanes of at least 4 members (excludes halogenated alkanes) is 1. The molecule has 31 heavy (non-hydrogen) atoms. The van der Waals surface area contributed by atoms with E-state index >= 15 is 0 Å². The molecule has 1 aromatic rings. The number of Topliss-reactive ketones (excluding diaryl/α,β-unsaturated/α-hetero) is 1. The highest BCUT2D eigenvalue weighted by atomic mass is 79.9. The van der Waals surface area contributed by atoms with E-state index in [0.29, 0.717) is 12.8 Å². The Labute approximate surface area is 190 Å². The van der Waals surface area contributed by atoms with Crippen LogP contribution in [0, 0.1) is 5.41 Å². The summed E-state index contributed by atoms with van der Waals surface area (Å²) in [4.78, 5) is 38.1. The number of fused-ring (bicyclic) bond motifs is 1. The molecule has 2 aliphatic rings. The third-order valence-electron chi connectivity index (χ3n) is 5.81. The number of esters is 2. The fourth-order valence-electron chi connectivity index (χ4n) is 4.09. The van der Waals surface area contributed by atoms with Crippen LogP contribution in [0.4, 0.5) is 0 Å². The van der Waals surface area contributed by atoms with E-state index < -0.39 is 41.5 Å². The molecule has 8 heteroatoms. The molecule has 0 unspecified atom stereocenters. The topological polar surface area (TPSA) is 88.1 Å². The first-order valence-electron chi connectivity index (χ1n) is 10.6. The van der Waals surface area contributed by atoms with Gasteiger partial charge in [-0.3, -0.25) is 9.59 Å². The van der Waals surface area contributed by atoms with Gasteiger partial charge in [0.1, 0.15) is 23.9 Å². The molecule has 0 saturated carbocycles. The van der Waals surface area contributed by atoms with Crippen LogP contribution < -0.4 is 0 Å². The molecule has 2 aliphatic heterocycles. The largest absolute Gasteiger partial charge is 0.461 e. The molecule has 0 aromatic heterocycles. The van der Waals surface area contributed by atoms with Crippen molar-refractivity contribution in [1.82, 2.24) is 0 Å². The van der Waals surface area contributed by atoms with Gasteiger partial charge in [0.15, 0.2) is 18.0 Å². The zero-order chi connectivity index (χ0) is 22.8. The van der Waals surface area contributed by atoms with Crippen LogP contribution in [-0.4, -0.2) is 48.4 Å². The van der Waals surface area contributed by atoms with Crippen LogP contribution in [0.5, 0.6) is 0 Å². The highest BCUT2D eigenvalue weighted by Crippen LogP contribution is 2.37. The Morgan fingerprint density at radius 2 is 1.87 bits per heavy atom. The van der Waals surface area contributed by atoms with E-state index in [0.717, 1.165) is 16.5 Å². The van der Waals surface area contributed by atoms with E-state index in [2.05, 4.69) is 15.9 Å². The van der Waals surface area contributed by atoms with Crippen LogP contribution in [0.2, 0.25) is 0 Å². The summed E-state index contributed by atoms with van der Waals surface area (Å²) >= 11 is 3.40. The van der Waals surface area contributed by atoms with Crippen LogP contribution in [-0.2, 0) is 39.8 Å². The molecule has 4 atom stereocenters. The number of benzene rings is 1. The molecule has 0 radical (unpaired) electrons. The Balaban J connectivity index is 1.75. The lowest BCUT2D eigenvalue weighted by atomic mass is 9.74. The molecule has 2 saturated heterocycles. The van der Waals surface area contributed by atoms with Gasteiger partial charge >= 0.3 is 11.9 Å². The fourth-order valence-corrected chi connectivity index (χ4v) is 4.35. The Morgan fingerprint density at radius 3 is 2.48 bits per heavy atom. The van der Waals surface area contributed by atoms with Crippen molar-refractivity contribution in [2.75, 3.05) is 6.61 Å². The summed E-state index contributed by atoms with van der Waals surface area (Å²) in [5.41, 5.74) is -0.425. The zero-order valence-corrected chi connectivity index (χ0v) is 19.9. The van der Waals surface area contributed by atoms with E-state index in [4.69, 9.17) is 18.9 Å². The number of halogens is 1.